The molecule has 0 aliphatic carbocycles. The van der Waals surface area contributed by atoms with Gasteiger partial charge in [0.2, 0.25) is 0 Å². The SMILES string of the molecule is COC(=O)C(CCCl)OC. The molecule has 0 spiro atoms. The number of methoxy groups -OCH3 is 2. The van der Waals surface area contributed by atoms with Gasteiger partial charge in [-0.1, -0.05) is 0 Å². The highest BCUT2D eigenvalue weighted by Crippen LogP contribution is 2.00. The minimum absolute atomic E-state index is 0.372. The van der Waals surface area contributed by atoms with Gasteiger partial charge in [-0.15, -0.1) is 11.6 Å². The summed E-state index contributed by atoms with van der Waals surface area (Å²) in [5.41, 5.74) is 0. The lowest BCUT2D eigenvalue weighted by Crippen LogP contribution is -2.24. The summed E-state index contributed by atoms with van der Waals surface area (Å²) in [5.74, 6) is 0.0244. The second kappa shape index (κ2) is 5.50. The highest BCUT2D eigenvalue weighted by atomic mass is 35.5. The zero-order valence-electron chi connectivity index (χ0n) is 6.09. The number of carbonyl (C=O) groups excluding carboxylic acids is 1. The predicted octanol–water partition coefficient (Wildman–Crippen LogP) is 0.803. The molecule has 0 aromatic rings. The summed E-state index contributed by atoms with van der Waals surface area (Å²) in [6.45, 7) is 0. The molecule has 0 heterocycles. The van der Waals surface area contributed by atoms with Gasteiger partial charge < -0.3 is 9.47 Å². The Bertz CT molecular complexity index is 105. The van der Waals surface area contributed by atoms with Crippen LogP contribution in [0.25, 0.3) is 0 Å². The predicted molar refractivity (Wildman–Crippen MR) is 38.2 cm³/mol. The molecule has 10 heavy (non-hydrogen) atoms. The lowest BCUT2D eigenvalue weighted by atomic mass is 10.3. The van der Waals surface area contributed by atoms with Crippen molar-refractivity contribution in [2.24, 2.45) is 0 Å². The first-order valence-corrected chi connectivity index (χ1v) is 3.46. The van der Waals surface area contributed by atoms with Crippen molar-refractivity contribution < 1.29 is 14.3 Å². The summed E-state index contributed by atoms with van der Waals surface area (Å²) in [5, 5.41) is 0. The molecule has 0 fully saturated rings. The minimum Gasteiger partial charge on any atom is -0.467 e. The molecular formula is C6H11ClO3. The number of rotatable bonds is 4. The van der Waals surface area contributed by atoms with Gasteiger partial charge in [-0.25, -0.2) is 4.79 Å². The molecule has 0 aromatic heterocycles. The first kappa shape index (κ1) is 9.72. The third kappa shape index (κ3) is 3.03. The van der Waals surface area contributed by atoms with E-state index in [0.717, 1.165) is 0 Å². The van der Waals surface area contributed by atoms with Crippen LogP contribution in [-0.2, 0) is 14.3 Å². The monoisotopic (exact) mass is 166 g/mol. The Morgan fingerprint density at radius 1 is 1.60 bits per heavy atom. The molecule has 60 valence electrons. The van der Waals surface area contributed by atoms with Gasteiger partial charge in [0.1, 0.15) is 0 Å². The van der Waals surface area contributed by atoms with Crippen molar-refractivity contribution in [3.63, 3.8) is 0 Å². The normalized spacial score (nSPS) is 12.7. The highest BCUT2D eigenvalue weighted by Gasteiger charge is 2.16. The van der Waals surface area contributed by atoms with E-state index in [9.17, 15) is 4.79 Å². The quantitative estimate of drug-likeness (QED) is 0.458. The molecule has 0 radical (unpaired) electrons. The summed E-state index contributed by atoms with van der Waals surface area (Å²) in [7, 11) is 2.77. The number of hydrogen-bond donors (Lipinski definition) is 0. The van der Waals surface area contributed by atoms with Crippen molar-refractivity contribution in [2.45, 2.75) is 12.5 Å². The fourth-order valence-electron chi connectivity index (χ4n) is 0.562. The number of halogens is 1. The zero-order chi connectivity index (χ0) is 7.98. The Hall–Kier alpha value is -0.280. The molecule has 0 aliphatic heterocycles. The van der Waals surface area contributed by atoms with E-state index in [4.69, 9.17) is 16.3 Å². The topological polar surface area (TPSA) is 35.5 Å². The first-order chi connectivity index (χ1) is 4.76. The van der Waals surface area contributed by atoms with Crippen LogP contribution in [-0.4, -0.2) is 32.2 Å². The van der Waals surface area contributed by atoms with Crippen LogP contribution in [0.1, 0.15) is 6.42 Å². The highest BCUT2D eigenvalue weighted by molar-refractivity contribution is 6.18. The van der Waals surface area contributed by atoms with E-state index in [1.807, 2.05) is 0 Å². The lowest BCUT2D eigenvalue weighted by Gasteiger charge is -2.09. The summed E-state index contributed by atoms with van der Waals surface area (Å²) in [6.07, 6.45) is -0.0208. The average molecular weight is 167 g/mol. The molecule has 3 nitrogen and oxygen atoms in total. The van der Waals surface area contributed by atoms with E-state index in [1.165, 1.54) is 14.2 Å². The van der Waals surface area contributed by atoms with Gasteiger partial charge >= 0.3 is 5.97 Å². The number of carbonyl (C=O) groups is 1. The van der Waals surface area contributed by atoms with E-state index in [1.54, 1.807) is 0 Å². The van der Waals surface area contributed by atoms with Crippen LogP contribution < -0.4 is 0 Å². The van der Waals surface area contributed by atoms with E-state index in [2.05, 4.69) is 4.74 Å². The Labute approximate surface area is 65.3 Å². The zero-order valence-corrected chi connectivity index (χ0v) is 6.85. The maximum atomic E-state index is 10.7. The second-order valence-electron chi connectivity index (χ2n) is 1.73. The van der Waals surface area contributed by atoms with Crippen molar-refractivity contribution in [3.8, 4) is 0 Å². The first-order valence-electron chi connectivity index (χ1n) is 2.92. The molecule has 1 unspecified atom stereocenters. The Morgan fingerprint density at radius 3 is 2.50 bits per heavy atom. The smallest absolute Gasteiger partial charge is 0.334 e. The fourth-order valence-corrected chi connectivity index (χ4v) is 0.761. The van der Waals surface area contributed by atoms with Crippen LogP contribution in [0.5, 0.6) is 0 Å². The van der Waals surface area contributed by atoms with Crippen molar-refractivity contribution in [3.05, 3.63) is 0 Å². The third-order valence-corrected chi connectivity index (χ3v) is 1.34. The fraction of sp³-hybridized carbons (Fsp3) is 0.833. The molecule has 0 amide bonds. The molecule has 0 aromatic carbocycles. The van der Waals surface area contributed by atoms with Crippen LogP contribution in [0, 0.1) is 0 Å². The molecule has 0 rings (SSSR count). The molecule has 0 saturated carbocycles. The number of hydrogen-bond acceptors (Lipinski definition) is 3. The molecule has 0 N–H and O–H groups in total. The van der Waals surface area contributed by atoms with Crippen LogP contribution in [0.3, 0.4) is 0 Å². The van der Waals surface area contributed by atoms with Crippen LogP contribution in [0.15, 0.2) is 0 Å². The number of alkyl halides is 1. The summed E-state index contributed by atoms with van der Waals surface area (Å²) in [4.78, 5) is 10.7. The standard InChI is InChI=1S/C6H11ClO3/c1-9-5(3-4-7)6(8)10-2/h5H,3-4H2,1-2H3. The van der Waals surface area contributed by atoms with E-state index >= 15 is 0 Å². The maximum Gasteiger partial charge on any atom is 0.334 e. The van der Waals surface area contributed by atoms with E-state index in [-0.39, 0.29) is 5.97 Å². The van der Waals surface area contributed by atoms with Crippen molar-refractivity contribution in [2.75, 3.05) is 20.1 Å². The number of ether oxygens (including phenoxy) is 2. The van der Waals surface area contributed by atoms with Gasteiger partial charge in [0, 0.05) is 13.0 Å². The van der Waals surface area contributed by atoms with E-state index < -0.39 is 6.10 Å². The minimum atomic E-state index is -0.512. The largest absolute Gasteiger partial charge is 0.467 e. The van der Waals surface area contributed by atoms with Crippen molar-refractivity contribution in [1.29, 1.82) is 0 Å². The molecule has 0 saturated heterocycles. The molecule has 0 bridgehead atoms. The molecule has 4 heteroatoms. The van der Waals surface area contributed by atoms with Crippen LogP contribution in [0.4, 0.5) is 0 Å². The lowest BCUT2D eigenvalue weighted by molar-refractivity contribution is -0.152. The maximum absolute atomic E-state index is 10.7. The van der Waals surface area contributed by atoms with Crippen LogP contribution in [0.2, 0.25) is 0 Å². The second-order valence-corrected chi connectivity index (χ2v) is 2.10. The Balaban J connectivity index is 3.68. The van der Waals surface area contributed by atoms with Gasteiger partial charge in [0.15, 0.2) is 6.10 Å². The molecular weight excluding hydrogens is 156 g/mol. The summed E-state index contributed by atoms with van der Waals surface area (Å²) >= 11 is 5.39. The van der Waals surface area contributed by atoms with Gasteiger partial charge in [0.25, 0.3) is 0 Å². The molecule has 1 atom stereocenters. The van der Waals surface area contributed by atoms with Gasteiger partial charge in [-0.2, -0.15) is 0 Å². The van der Waals surface area contributed by atoms with E-state index in [0.29, 0.717) is 12.3 Å². The summed E-state index contributed by atoms with van der Waals surface area (Å²) in [6, 6.07) is 0. The van der Waals surface area contributed by atoms with Crippen molar-refractivity contribution in [1.82, 2.24) is 0 Å². The van der Waals surface area contributed by atoms with Crippen molar-refractivity contribution >= 4 is 17.6 Å². The summed E-state index contributed by atoms with van der Waals surface area (Å²) < 4.78 is 9.22. The van der Waals surface area contributed by atoms with Gasteiger partial charge in [-0.3, -0.25) is 0 Å². The Morgan fingerprint density at radius 2 is 2.20 bits per heavy atom. The molecule has 0 aliphatic rings. The van der Waals surface area contributed by atoms with Crippen LogP contribution >= 0.6 is 11.6 Å². The average Bonchev–Trinajstić information content (AvgIpc) is 1.99. The van der Waals surface area contributed by atoms with Gasteiger partial charge in [0.05, 0.1) is 7.11 Å². The third-order valence-electron chi connectivity index (χ3n) is 1.12. The number of esters is 1. The Kier molecular flexibility index (Phi) is 5.35. The van der Waals surface area contributed by atoms with Gasteiger partial charge in [-0.05, 0) is 6.42 Å².